The predicted molar refractivity (Wildman–Crippen MR) is 107 cm³/mol. The number of carbonyl (C=O) groups is 1. The topological polar surface area (TPSA) is 59.4 Å². The molecule has 2 amide bonds. The third-order valence-electron chi connectivity index (χ3n) is 5.28. The van der Waals surface area contributed by atoms with Crippen molar-refractivity contribution in [3.63, 3.8) is 0 Å². The molecule has 1 aromatic heterocycles. The summed E-state index contributed by atoms with van der Waals surface area (Å²) in [4.78, 5) is 14.9. The molecule has 3 rings (SSSR count). The van der Waals surface area contributed by atoms with Crippen LogP contribution in [-0.2, 0) is 4.74 Å². The van der Waals surface area contributed by atoms with Gasteiger partial charge in [0.25, 0.3) is 0 Å². The van der Waals surface area contributed by atoms with Gasteiger partial charge in [-0.1, -0.05) is 24.3 Å². The number of hydrogen-bond donors (Lipinski definition) is 1. The van der Waals surface area contributed by atoms with Gasteiger partial charge in [-0.05, 0) is 52.7 Å². The predicted octanol–water partition coefficient (Wildman–Crippen LogP) is 4.38. The highest BCUT2D eigenvalue weighted by molar-refractivity contribution is 5.91. The molecule has 6 nitrogen and oxygen atoms in total. The molecule has 1 fully saturated rings. The lowest BCUT2D eigenvalue weighted by atomic mass is 10.0. The summed E-state index contributed by atoms with van der Waals surface area (Å²) in [5.74, 6) is 0. The first-order valence-corrected chi connectivity index (χ1v) is 9.60. The molecule has 27 heavy (non-hydrogen) atoms. The van der Waals surface area contributed by atoms with Gasteiger partial charge >= 0.3 is 6.03 Å². The molecule has 2 aromatic rings. The average Bonchev–Trinajstić information content (AvgIpc) is 2.91. The number of morpholine rings is 1. The molecule has 0 unspecified atom stereocenters. The fourth-order valence-corrected chi connectivity index (χ4v) is 3.70. The Kier molecular flexibility index (Phi) is 5.56. The molecule has 1 saturated heterocycles. The van der Waals surface area contributed by atoms with Crippen molar-refractivity contribution in [1.82, 2.24) is 14.7 Å². The van der Waals surface area contributed by atoms with Crippen LogP contribution in [0, 0.1) is 20.8 Å². The Hall–Kier alpha value is -2.34. The van der Waals surface area contributed by atoms with E-state index in [2.05, 4.69) is 43.3 Å². The number of ether oxygens (including phenoxy) is 1. The minimum absolute atomic E-state index is 0.0195. The van der Waals surface area contributed by atoms with Gasteiger partial charge in [0.05, 0.1) is 36.3 Å². The maximum absolute atomic E-state index is 13.0. The molecule has 6 heteroatoms. The van der Waals surface area contributed by atoms with E-state index in [-0.39, 0.29) is 24.2 Å². The van der Waals surface area contributed by atoms with Crippen LogP contribution in [-0.4, -0.2) is 39.9 Å². The summed E-state index contributed by atoms with van der Waals surface area (Å²) in [5, 5.41) is 7.65. The molecule has 0 aliphatic carbocycles. The van der Waals surface area contributed by atoms with Crippen LogP contribution < -0.4 is 5.32 Å². The molecule has 0 bridgehead atoms. The Bertz CT molecular complexity index is 828. The van der Waals surface area contributed by atoms with Crippen LogP contribution in [0.5, 0.6) is 0 Å². The summed E-state index contributed by atoms with van der Waals surface area (Å²) >= 11 is 0. The number of hydrogen-bond acceptors (Lipinski definition) is 3. The smallest absolute Gasteiger partial charge is 0.322 e. The SMILES string of the molecule is Cc1ccccc1[C@H]1CN(C(=O)Nc2c(C)nn(C(C)C)c2C)[C@H](C)CO1. The van der Waals surface area contributed by atoms with Gasteiger partial charge in [0.15, 0.2) is 0 Å². The zero-order valence-corrected chi connectivity index (χ0v) is 17.1. The maximum atomic E-state index is 13.0. The molecule has 0 saturated carbocycles. The number of carbonyl (C=O) groups excluding carboxylic acids is 1. The summed E-state index contributed by atoms with van der Waals surface area (Å²) in [6.07, 6.45) is -0.103. The number of anilines is 1. The molecular formula is C21H30N4O2. The van der Waals surface area contributed by atoms with Gasteiger partial charge in [0.1, 0.15) is 6.10 Å². The molecule has 146 valence electrons. The van der Waals surface area contributed by atoms with E-state index in [0.29, 0.717) is 13.2 Å². The van der Waals surface area contributed by atoms with Crippen molar-refractivity contribution >= 4 is 11.7 Å². The number of urea groups is 1. The number of aromatic nitrogens is 2. The zero-order valence-electron chi connectivity index (χ0n) is 17.1. The van der Waals surface area contributed by atoms with E-state index in [1.807, 2.05) is 42.5 Å². The summed E-state index contributed by atoms with van der Waals surface area (Å²) in [7, 11) is 0. The van der Waals surface area contributed by atoms with E-state index in [4.69, 9.17) is 4.74 Å². The lowest BCUT2D eigenvalue weighted by Crippen LogP contribution is -2.50. The number of nitrogens with one attached hydrogen (secondary N) is 1. The molecule has 1 aliphatic heterocycles. The monoisotopic (exact) mass is 370 g/mol. The molecule has 2 atom stereocenters. The number of amides is 2. The van der Waals surface area contributed by atoms with Crippen LogP contribution in [0.3, 0.4) is 0 Å². The average molecular weight is 370 g/mol. The number of aryl methyl sites for hydroxylation is 2. The highest BCUT2D eigenvalue weighted by atomic mass is 16.5. The van der Waals surface area contributed by atoms with E-state index in [1.165, 1.54) is 5.56 Å². The van der Waals surface area contributed by atoms with Crippen molar-refractivity contribution < 1.29 is 9.53 Å². The Morgan fingerprint density at radius 2 is 1.96 bits per heavy atom. The van der Waals surface area contributed by atoms with Crippen molar-refractivity contribution in [1.29, 1.82) is 0 Å². The van der Waals surface area contributed by atoms with E-state index in [1.54, 1.807) is 0 Å². The highest BCUT2D eigenvalue weighted by Crippen LogP contribution is 2.28. The molecular weight excluding hydrogens is 340 g/mol. The molecule has 2 heterocycles. The van der Waals surface area contributed by atoms with Crippen molar-refractivity contribution in [3.8, 4) is 0 Å². The Balaban J connectivity index is 1.79. The van der Waals surface area contributed by atoms with Gasteiger partial charge < -0.3 is 15.0 Å². The van der Waals surface area contributed by atoms with Gasteiger partial charge in [0.2, 0.25) is 0 Å². The van der Waals surface area contributed by atoms with Gasteiger partial charge in [0, 0.05) is 6.04 Å². The lowest BCUT2D eigenvalue weighted by Gasteiger charge is -2.38. The van der Waals surface area contributed by atoms with Crippen molar-refractivity contribution in [2.24, 2.45) is 0 Å². The first-order valence-electron chi connectivity index (χ1n) is 9.60. The third-order valence-corrected chi connectivity index (χ3v) is 5.28. The second-order valence-electron chi connectivity index (χ2n) is 7.69. The van der Waals surface area contributed by atoms with Crippen LogP contribution >= 0.6 is 0 Å². The van der Waals surface area contributed by atoms with Crippen LogP contribution in [0.1, 0.15) is 55.4 Å². The summed E-state index contributed by atoms with van der Waals surface area (Å²) in [6, 6.07) is 8.36. The normalized spacial score (nSPS) is 20.2. The van der Waals surface area contributed by atoms with E-state index in [9.17, 15) is 4.79 Å². The molecule has 0 radical (unpaired) electrons. The first-order chi connectivity index (χ1) is 12.8. The van der Waals surface area contributed by atoms with Crippen LogP contribution in [0.4, 0.5) is 10.5 Å². The fraction of sp³-hybridized carbons (Fsp3) is 0.524. The Labute approximate surface area is 161 Å². The third kappa shape index (κ3) is 3.86. The number of rotatable bonds is 3. The Morgan fingerprint density at radius 1 is 1.26 bits per heavy atom. The summed E-state index contributed by atoms with van der Waals surface area (Å²) in [5.41, 5.74) is 4.95. The van der Waals surface area contributed by atoms with E-state index in [0.717, 1.165) is 22.6 Å². The van der Waals surface area contributed by atoms with Crippen LogP contribution in [0.15, 0.2) is 24.3 Å². The van der Waals surface area contributed by atoms with Crippen molar-refractivity contribution in [2.45, 2.75) is 59.7 Å². The van der Waals surface area contributed by atoms with E-state index < -0.39 is 0 Å². The Morgan fingerprint density at radius 3 is 2.59 bits per heavy atom. The molecule has 1 aliphatic rings. The van der Waals surface area contributed by atoms with Gasteiger partial charge in [-0.25, -0.2) is 4.79 Å². The molecule has 0 spiro atoms. The summed E-state index contributed by atoms with van der Waals surface area (Å²) in [6.45, 7) is 13.3. The maximum Gasteiger partial charge on any atom is 0.322 e. The van der Waals surface area contributed by atoms with E-state index >= 15 is 0 Å². The second kappa shape index (κ2) is 7.72. The highest BCUT2D eigenvalue weighted by Gasteiger charge is 2.32. The molecule has 1 N–H and O–H groups in total. The standard InChI is InChI=1S/C21H30N4O2/c1-13(2)25-17(6)20(16(5)23-25)22-21(26)24-11-19(27-12-15(24)4)18-10-8-7-9-14(18)3/h7-10,13,15,19H,11-12H2,1-6H3,(H,22,26)/t15-,19-/m1/s1. The zero-order chi connectivity index (χ0) is 19.7. The fourth-order valence-electron chi connectivity index (χ4n) is 3.70. The minimum Gasteiger partial charge on any atom is -0.370 e. The minimum atomic E-state index is -0.103. The number of nitrogens with zero attached hydrogens (tertiary/aromatic N) is 3. The van der Waals surface area contributed by atoms with Gasteiger partial charge in [-0.3, -0.25) is 4.68 Å². The van der Waals surface area contributed by atoms with Crippen LogP contribution in [0.25, 0.3) is 0 Å². The van der Waals surface area contributed by atoms with Crippen molar-refractivity contribution in [3.05, 3.63) is 46.8 Å². The molecule has 1 aromatic carbocycles. The lowest BCUT2D eigenvalue weighted by molar-refractivity contribution is -0.0410. The summed E-state index contributed by atoms with van der Waals surface area (Å²) < 4.78 is 7.98. The second-order valence-corrected chi connectivity index (χ2v) is 7.69. The largest absolute Gasteiger partial charge is 0.370 e. The van der Waals surface area contributed by atoms with Crippen molar-refractivity contribution in [2.75, 3.05) is 18.5 Å². The number of benzene rings is 1. The van der Waals surface area contributed by atoms with Gasteiger partial charge in [-0.2, -0.15) is 5.10 Å². The van der Waals surface area contributed by atoms with Gasteiger partial charge in [-0.15, -0.1) is 0 Å². The quantitative estimate of drug-likeness (QED) is 0.872. The van der Waals surface area contributed by atoms with Crippen LogP contribution in [0.2, 0.25) is 0 Å². The first kappa shape index (κ1) is 19.4.